The predicted octanol–water partition coefficient (Wildman–Crippen LogP) is 4.83. The fraction of sp³-hybridized carbons (Fsp3) is 0. The quantitative estimate of drug-likeness (QED) is 0.292. The smallest absolute Gasteiger partial charge is 0.337 e. The van der Waals surface area contributed by atoms with Gasteiger partial charge in [-0.25, -0.2) is 28.3 Å². The number of fused-ring (bicyclic) bond motifs is 1. The number of hydrogen-bond acceptors (Lipinski definition) is 6. The first kappa shape index (κ1) is 23.5. The first-order chi connectivity index (χ1) is 17.2. The molecule has 9 nitrogen and oxygen atoms in total. The summed E-state index contributed by atoms with van der Waals surface area (Å²) in [6.45, 7) is 0. The molecular weight excluding hydrogens is 502 g/mol. The van der Waals surface area contributed by atoms with E-state index < -0.39 is 16.0 Å². The lowest BCUT2D eigenvalue weighted by Gasteiger charge is -2.11. The zero-order valence-corrected chi connectivity index (χ0v) is 20.0. The molecule has 0 spiro atoms. The highest BCUT2D eigenvalue weighted by Gasteiger charge is 2.19. The molecule has 5 rings (SSSR count). The number of aromatic carboxylic acids is 1. The van der Waals surface area contributed by atoms with Crippen molar-refractivity contribution in [3.05, 3.63) is 95.9 Å². The van der Waals surface area contributed by atoms with Crippen molar-refractivity contribution in [2.24, 2.45) is 5.14 Å². The van der Waals surface area contributed by atoms with Crippen molar-refractivity contribution in [3.8, 4) is 16.8 Å². The lowest BCUT2D eigenvalue weighted by molar-refractivity contribution is 0.0698. The summed E-state index contributed by atoms with van der Waals surface area (Å²) in [4.78, 5) is 20.6. The first-order valence-corrected chi connectivity index (χ1v) is 12.5. The molecule has 0 bridgehead atoms. The van der Waals surface area contributed by atoms with Crippen molar-refractivity contribution in [2.75, 3.05) is 5.32 Å². The number of halogens is 1. The number of sulfonamides is 1. The molecule has 0 atom stereocenters. The molecule has 3 aromatic carbocycles. The monoisotopic (exact) mass is 519 g/mol. The predicted molar refractivity (Wildman–Crippen MR) is 137 cm³/mol. The van der Waals surface area contributed by atoms with Gasteiger partial charge in [-0.05, 0) is 54.1 Å². The Morgan fingerprint density at radius 3 is 2.33 bits per heavy atom. The number of nitrogens with two attached hydrogens (primary N) is 1. The average molecular weight is 520 g/mol. The SMILES string of the molecule is NS(=O)(=O)c1ccc(-n2cc(-c3ccc(Cl)cc3)c3c(Nc4ccccc4C(=O)O)ncnc32)cc1. The molecule has 0 amide bonds. The molecule has 2 heterocycles. The molecule has 0 saturated heterocycles. The van der Waals surface area contributed by atoms with Gasteiger partial charge in [0, 0.05) is 22.5 Å². The van der Waals surface area contributed by atoms with Crippen LogP contribution in [-0.4, -0.2) is 34.0 Å². The van der Waals surface area contributed by atoms with Crippen molar-refractivity contribution in [3.63, 3.8) is 0 Å². The Morgan fingerprint density at radius 1 is 0.972 bits per heavy atom. The number of para-hydroxylation sites is 1. The van der Waals surface area contributed by atoms with Crippen molar-refractivity contribution in [1.82, 2.24) is 14.5 Å². The number of nitrogens with one attached hydrogen (secondary N) is 1. The molecule has 5 aromatic rings. The van der Waals surface area contributed by atoms with Gasteiger partial charge in [0.15, 0.2) is 5.65 Å². The Labute approximate surface area is 210 Å². The second-order valence-corrected chi connectivity index (χ2v) is 9.85. The minimum atomic E-state index is -3.84. The van der Waals surface area contributed by atoms with E-state index in [4.69, 9.17) is 16.7 Å². The van der Waals surface area contributed by atoms with Crippen LogP contribution in [0.2, 0.25) is 5.02 Å². The van der Waals surface area contributed by atoms with E-state index in [0.717, 1.165) is 11.1 Å². The molecule has 0 aliphatic heterocycles. The average Bonchev–Trinajstić information content (AvgIpc) is 3.25. The van der Waals surface area contributed by atoms with Gasteiger partial charge in [0.2, 0.25) is 10.0 Å². The van der Waals surface area contributed by atoms with Crippen molar-refractivity contribution >= 4 is 50.1 Å². The maximum Gasteiger partial charge on any atom is 0.337 e. The van der Waals surface area contributed by atoms with Gasteiger partial charge in [0.05, 0.1) is 21.5 Å². The molecule has 2 aromatic heterocycles. The largest absolute Gasteiger partial charge is 0.478 e. The van der Waals surface area contributed by atoms with Gasteiger partial charge in [0.25, 0.3) is 0 Å². The normalized spacial score (nSPS) is 11.5. The van der Waals surface area contributed by atoms with E-state index in [-0.39, 0.29) is 10.5 Å². The van der Waals surface area contributed by atoms with Crippen LogP contribution >= 0.6 is 11.6 Å². The van der Waals surface area contributed by atoms with E-state index in [1.165, 1.54) is 24.5 Å². The minimum Gasteiger partial charge on any atom is -0.478 e. The molecule has 0 aliphatic rings. The van der Waals surface area contributed by atoms with E-state index in [0.29, 0.717) is 33.2 Å². The number of hydrogen-bond donors (Lipinski definition) is 3. The first-order valence-electron chi connectivity index (χ1n) is 10.6. The number of carboxylic acids is 1. The summed E-state index contributed by atoms with van der Waals surface area (Å²) in [6, 6.07) is 19.8. The molecule has 4 N–H and O–H groups in total. The summed E-state index contributed by atoms with van der Waals surface area (Å²) >= 11 is 6.10. The van der Waals surface area contributed by atoms with Crippen LogP contribution < -0.4 is 10.5 Å². The number of rotatable bonds is 6. The number of primary sulfonamides is 1. The van der Waals surface area contributed by atoms with Crippen LogP contribution in [0, 0.1) is 0 Å². The Bertz CT molecular complexity index is 1720. The lowest BCUT2D eigenvalue weighted by Crippen LogP contribution is -2.12. The topological polar surface area (TPSA) is 140 Å². The van der Waals surface area contributed by atoms with E-state index in [2.05, 4.69) is 15.3 Å². The molecule has 0 fully saturated rings. The Balaban J connectivity index is 1.73. The van der Waals surface area contributed by atoms with Gasteiger partial charge in [-0.3, -0.25) is 0 Å². The number of carboxylic acid groups (broad SMARTS) is 1. The fourth-order valence-electron chi connectivity index (χ4n) is 3.90. The Hall–Kier alpha value is -4.25. The van der Waals surface area contributed by atoms with E-state index in [1.807, 2.05) is 18.3 Å². The maximum atomic E-state index is 11.7. The summed E-state index contributed by atoms with van der Waals surface area (Å²) in [6.07, 6.45) is 3.22. The highest BCUT2D eigenvalue weighted by atomic mass is 35.5. The summed E-state index contributed by atoms with van der Waals surface area (Å²) in [5, 5.41) is 19.2. The standard InChI is InChI=1S/C25H18ClN5O4S/c26-16-7-5-15(6-8-16)20-13-31(17-9-11-18(12-10-17)36(27,34)35)24-22(20)23(28-14-29-24)30-21-4-2-1-3-19(21)25(32)33/h1-14H,(H,32,33)(H2,27,34,35)(H,28,29,30). The van der Waals surface area contributed by atoms with Crippen LogP contribution in [0.15, 0.2) is 90.2 Å². The second kappa shape index (κ2) is 9.08. The van der Waals surface area contributed by atoms with Gasteiger partial charge in [0.1, 0.15) is 12.1 Å². The van der Waals surface area contributed by atoms with E-state index in [1.54, 1.807) is 47.0 Å². The zero-order chi connectivity index (χ0) is 25.4. The van der Waals surface area contributed by atoms with Gasteiger partial charge >= 0.3 is 5.97 Å². The van der Waals surface area contributed by atoms with Crippen molar-refractivity contribution < 1.29 is 18.3 Å². The van der Waals surface area contributed by atoms with Crippen LogP contribution in [0.4, 0.5) is 11.5 Å². The number of aromatic nitrogens is 3. The molecule has 11 heteroatoms. The fourth-order valence-corrected chi connectivity index (χ4v) is 4.55. The van der Waals surface area contributed by atoms with Gasteiger partial charge < -0.3 is 15.0 Å². The molecule has 0 aliphatic carbocycles. The van der Waals surface area contributed by atoms with E-state index in [9.17, 15) is 18.3 Å². The van der Waals surface area contributed by atoms with Gasteiger partial charge in [-0.2, -0.15) is 0 Å². The highest BCUT2D eigenvalue weighted by Crippen LogP contribution is 2.37. The summed E-state index contributed by atoms with van der Waals surface area (Å²) < 4.78 is 25.2. The van der Waals surface area contributed by atoms with E-state index >= 15 is 0 Å². The van der Waals surface area contributed by atoms with Gasteiger partial charge in [-0.1, -0.05) is 35.9 Å². The minimum absolute atomic E-state index is 0.0112. The lowest BCUT2D eigenvalue weighted by atomic mass is 10.1. The molecule has 180 valence electrons. The van der Waals surface area contributed by atoms with Crippen LogP contribution in [0.1, 0.15) is 10.4 Å². The maximum absolute atomic E-state index is 11.7. The second-order valence-electron chi connectivity index (χ2n) is 7.86. The third-order valence-corrected chi connectivity index (χ3v) is 6.77. The van der Waals surface area contributed by atoms with Crippen LogP contribution in [0.25, 0.3) is 27.8 Å². The molecular formula is C25H18ClN5O4S. The number of carbonyl (C=O) groups is 1. The molecule has 36 heavy (non-hydrogen) atoms. The Morgan fingerprint density at radius 2 is 1.67 bits per heavy atom. The third-order valence-electron chi connectivity index (χ3n) is 5.59. The summed E-state index contributed by atoms with van der Waals surface area (Å²) in [5.74, 6) is -0.674. The molecule has 0 saturated carbocycles. The van der Waals surface area contributed by atoms with Crippen molar-refractivity contribution in [2.45, 2.75) is 4.90 Å². The summed E-state index contributed by atoms with van der Waals surface area (Å²) in [5.41, 5.74) is 3.21. The molecule has 0 radical (unpaired) electrons. The third kappa shape index (κ3) is 4.40. The van der Waals surface area contributed by atoms with Crippen molar-refractivity contribution in [1.29, 1.82) is 0 Å². The van der Waals surface area contributed by atoms with Gasteiger partial charge in [-0.15, -0.1) is 0 Å². The Kier molecular flexibility index (Phi) is 5.92. The van der Waals surface area contributed by atoms with Crippen LogP contribution in [0.5, 0.6) is 0 Å². The number of benzene rings is 3. The molecule has 0 unspecified atom stereocenters. The highest BCUT2D eigenvalue weighted by molar-refractivity contribution is 7.89. The number of nitrogens with zero attached hydrogens (tertiary/aromatic N) is 3. The summed E-state index contributed by atoms with van der Waals surface area (Å²) in [7, 11) is -3.84. The van der Waals surface area contributed by atoms with Crippen LogP contribution in [0.3, 0.4) is 0 Å². The van der Waals surface area contributed by atoms with Crippen LogP contribution in [-0.2, 0) is 10.0 Å². The zero-order valence-electron chi connectivity index (χ0n) is 18.5. The number of anilines is 2.